The first kappa shape index (κ1) is 19.7. The van der Waals surface area contributed by atoms with Gasteiger partial charge in [-0.25, -0.2) is 0 Å². The van der Waals surface area contributed by atoms with E-state index in [1.54, 1.807) is 0 Å². The molecule has 1 aromatic rings. The fourth-order valence-electron chi connectivity index (χ4n) is 2.59. The molecule has 0 bridgehead atoms. The summed E-state index contributed by atoms with van der Waals surface area (Å²) >= 11 is 1.23. The largest absolute Gasteiger partial charge is 0.463 e. The molecule has 25 heavy (non-hydrogen) atoms. The van der Waals surface area contributed by atoms with Gasteiger partial charge in [0.1, 0.15) is 18.8 Å². The number of thioether (sulfide) groups is 1. The van der Waals surface area contributed by atoms with Crippen molar-refractivity contribution in [3.63, 3.8) is 0 Å². The zero-order chi connectivity index (χ0) is 18.4. The van der Waals surface area contributed by atoms with Gasteiger partial charge in [-0.15, -0.1) is 11.8 Å². The molecule has 0 unspecified atom stereocenters. The van der Waals surface area contributed by atoms with Gasteiger partial charge in [-0.1, -0.05) is 30.3 Å². The van der Waals surface area contributed by atoms with Crippen molar-refractivity contribution in [3.05, 3.63) is 35.9 Å². The predicted molar refractivity (Wildman–Crippen MR) is 90.6 cm³/mol. The second-order valence-corrected chi connectivity index (χ2v) is 6.99. The molecule has 1 saturated heterocycles. The van der Waals surface area contributed by atoms with E-state index in [2.05, 4.69) is 0 Å². The molecule has 0 amide bonds. The third kappa shape index (κ3) is 4.94. The molecule has 0 saturated carbocycles. The van der Waals surface area contributed by atoms with Crippen molar-refractivity contribution in [2.24, 2.45) is 0 Å². The van der Waals surface area contributed by atoms with Gasteiger partial charge in [0.15, 0.2) is 11.0 Å². The van der Waals surface area contributed by atoms with E-state index < -0.39 is 41.8 Å². The summed E-state index contributed by atoms with van der Waals surface area (Å²) in [6.07, 6.45) is -3.20. The normalized spacial score (nSPS) is 28.6. The smallest absolute Gasteiger partial charge is 0.303 e. The Morgan fingerprint density at radius 1 is 1.24 bits per heavy atom. The average molecular weight is 370 g/mol. The number of hydrogen-bond donors (Lipinski definition) is 2. The van der Waals surface area contributed by atoms with Gasteiger partial charge < -0.3 is 24.4 Å². The van der Waals surface area contributed by atoms with E-state index in [1.165, 1.54) is 25.6 Å². The van der Waals surface area contributed by atoms with Crippen LogP contribution in [0.5, 0.6) is 0 Å². The lowest BCUT2D eigenvalue weighted by Crippen LogP contribution is -2.46. The molecule has 138 valence electrons. The van der Waals surface area contributed by atoms with E-state index in [9.17, 15) is 19.8 Å². The molecule has 1 fully saturated rings. The fraction of sp³-hybridized carbons (Fsp3) is 0.529. The summed E-state index contributed by atoms with van der Waals surface area (Å²) in [5.74, 6) is -0.635. The summed E-state index contributed by atoms with van der Waals surface area (Å²) < 4.78 is 15.9. The zero-order valence-electron chi connectivity index (χ0n) is 14.1. The van der Waals surface area contributed by atoms with Gasteiger partial charge in [-0.2, -0.15) is 0 Å². The van der Waals surface area contributed by atoms with Crippen LogP contribution in [0.4, 0.5) is 0 Å². The van der Waals surface area contributed by atoms with Gasteiger partial charge in [0.05, 0.1) is 6.61 Å². The highest BCUT2D eigenvalue weighted by atomic mass is 32.2. The highest BCUT2D eigenvalue weighted by Gasteiger charge is 2.57. The van der Waals surface area contributed by atoms with Crippen molar-refractivity contribution in [1.29, 1.82) is 0 Å². The standard InChI is InChI=1S/C17H22O7S/c1-11(19)22-8-14-15(21)16(23-12(2)20)17(10-18,24-14)25-9-13-6-4-3-5-7-13/h3-7,14-16,18,21H,8-10H2,1-2H3/t14-,15-,16+,17-/m1/s1. The maximum atomic E-state index is 11.4. The second kappa shape index (κ2) is 8.66. The highest BCUT2D eigenvalue weighted by Crippen LogP contribution is 2.43. The molecule has 1 aliphatic heterocycles. The Hall–Kier alpha value is -1.61. The molecule has 0 aromatic heterocycles. The molecular weight excluding hydrogens is 348 g/mol. The van der Waals surface area contributed by atoms with Crippen molar-refractivity contribution >= 4 is 23.7 Å². The Morgan fingerprint density at radius 3 is 2.48 bits per heavy atom. The lowest BCUT2D eigenvalue weighted by Gasteiger charge is -2.31. The van der Waals surface area contributed by atoms with E-state index in [-0.39, 0.29) is 6.61 Å². The lowest BCUT2D eigenvalue weighted by atomic mass is 10.1. The van der Waals surface area contributed by atoms with E-state index in [0.717, 1.165) is 5.56 Å². The number of rotatable bonds is 7. The molecule has 0 aliphatic carbocycles. The third-order valence-electron chi connectivity index (χ3n) is 3.77. The summed E-state index contributed by atoms with van der Waals surface area (Å²) in [4.78, 5) is 21.1. The van der Waals surface area contributed by atoms with Gasteiger partial charge in [-0.05, 0) is 5.56 Å². The second-order valence-electron chi connectivity index (χ2n) is 5.72. The van der Waals surface area contributed by atoms with Crippen molar-refractivity contribution < 1.29 is 34.0 Å². The van der Waals surface area contributed by atoms with Crippen molar-refractivity contribution in [1.82, 2.24) is 0 Å². The number of carbonyl (C=O) groups excluding carboxylic acids is 2. The molecular formula is C17H22O7S. The van der Waals surface area contributed by atoms with Gasteiger partial charge in [0.25, 0.3) is 0 Å². The number of esters is 2. The monoisotopic (exact) mass is 370 g/mol. The van der Waals surface area contributed by atoms with Crippen molar-refractivity contribution in [2.45, 2.75) is 42.8 Å². The number of aliphatic hydroxyl groups excluding tert-OH is 2. The van der Waals surface area contributed by atoms with Crippen LogP contribution in [-0.4, -0.2) is 58.6 Å². The summed E-state index contributed by atoms with van der Waals surface area (Å²) in [6.45, 7) is 1.79. The Balaban J connectivity index is 2.17. The molecule has 1 aromatic carbocycles. The number of ether oxygens (including phenoxy) is 3. The van der Waals surface area contributed by atoms with Crippen molar-refractivity contribution in [3.8, 4) is 0 Å². The molecule has 8 heteroatoms. The first-order chi connectivity index (χ1) is 11.9. The van der Waals surface area contributed by atoms with E-state index in [1.807, 2.05) is 30.3 Å². The van der Waals surface area contributed by atoms with Crippen LogP contribution < -0.4 is 0 Å². The van der Waals surface area contributed by atoms with Crippen LogP contribution >= 0.6 is 11.8 Å². The van der Waals surface area contributed by atoms with Gasteiger partial charge in [-0.3, -0.25) is 9.59 Å². The van der Waals surface area contributed by atoms with Crippen molar-refractivity contribution in [2.75, 3.05) is 13.2 Å². The quantitative estimate of drug-likeness (QED) is 0.682. The first-order valence-corrected chi connectivity index (χ1v) is 8.81. The van der Waals surface area contributed by atoms with Gasteiger partial charge in [0.2, 0.25) is 0 Å². The van der Waals surface area contributed by atoms with Crippen LogP contribution in [0, 0.1) is 0 Å². The summed E-state index contributed by atoms with van der Waals surface area (Å²) in [6, 6.07) is 9.50. The van der Waals surface area contributed by atoms with E-state index in [4.69, 9.17) is 14.2 Å². The fourth-order valence-corrected chi connectivity index (χ4v) is 3.83. The minimum atomic E-state index is -1.34. The lowest BCUT2D eigenvalue weighted by molar-refractivity contribution is -0.155. The first-order valence-electron chi connectivity index (χ1n) is 7.83. The number of aliphatic hydroxyl groups is 2. The van der Waals surface area contributed by atoms with Gasteiger partial charge in [0, 0.05) is 19.6 Å². The highest BCUT2D eigenvalue weighted by molar-refractivity contribution is 7.99. The van der Waals surface area contributed by atoms with Crippen LogP contribution in [0.25, 0.3) is 0 Å². The number of hydrogen-bond acceptors (Lipinski definition) is 8. The topological polar surface area (TPSA) is 102 Å². The molecule has 0 spiro atoms. The maximum absolute atomic E-state index is 11.4. The van der Waals surface area contributed by atoms with Crippen LogP contribution in [0.1, 0.15) is 19.4 Å². The Bertz CT molecular complexity index is 594. The molecule has 2 rings (SSSR count). The van der Waals surface area contributed by atoms with E-state index in [0.29, 0.717) is 5.75 Å². The minimum Gasteiger partial charge on any atom is -0.463 e. The molecule has 7 nitrogen and oxygen atoms in total. The molecule has 0 radical (unpaired) electrons. The molecule has 1 aliphatic rings. The Labute approximate surface area is 150 Å². The average Bonchev–Trinajstić information content (AvgIpc) is 2.84. The van der Waals surface area contributed by atoms with Crippen LogP contribution in [-0.2, 0) is 29.6 Å². The predicted octanol–water partition coefficient (Wildman–Crippen LogP) is 0.863. The summed E-state index contributed by atoms with van der Waals surface area (Å²) in [5, 5.41) is 20.4. The molecule has 4 atom stereocenters. The number of carbonyl (C=O) groups is 2. The summed E-state index contributed by atoms with van der Waals surface area (Å²) in [7, 11) is 0. The maximum Gasteiger partial charge on any atom is 0.303 e. The molecule has 2 N–H and O–H groups in total. The van der Waals surface area contributed by atoms with E-state index >= 15 is 0 Å². The Morgan fingerprint density at radius 2 is 1.92 bits per heavy atom. The molecule has 1 heterocycles. The summed E-state index contributed by atoms with van der Waals surface area (Å²) in [5.41, 5.74) is 0.989. The SMILES string of the molecule is CC(=O)OC[C@H]1O[C@](CO)(SCc2ccccc2)[C@@H](OC(C)=O)[C@@H]1O. The Kier molecular flexibility index (Phi) is 6.83. The van der Waals surface area contributed by atoms with Crippen LogP contribution in [0.2, 0.25) is 0 Å². The number of benzene rings is 1. The van der Waals surface area contributed by atoms with Gasteiger partial charge >= 0.3 is 11.9 Å². The third-order valence-corrected chi connectivity index (χ3v) is 5.19. The van der Waals surface area contributed by atoms with Crippen LogP contribution in [0.3, 0.4) is 0 Å². The van der Waals surface area contributed by atoms with Crippen LogP contribution in [0.15, 0.2) is 30.3 Å². The minimum absolute atomic E-state index is 0.193. The zero-order valence-corrected chi connectivity index (χ0v) is 14.9.